The van der Waals surface area contributed by atoms with E-state index < -0.39 is 0 Å². The predicted molar refractivity (Wildman–Crippen MR) is 85.1 cm³/mol. The van der Waals surface area contributed by atoms with Crippen molar-refractivity contribution in [1.29, 1.82) is 0 Å². The number of piperidine rings is 1. The molecule has 1 aliphatic heterocycles. The van der Waals surface area contributed by atoms with Crippen molar-refractivity contribution in [3.8, 4) is 0 Å². The van der Waals surface area contributed by atoms with Crippen LogP contribution in [0.3, 0.4) is 0 Å². The summed E-state index contributed by atoms with van der Waals surface area (Å²) in [6.45, 7) is 8.68. The Morgan fingerprint density at radius 3 is 2.85 bits per heavy atom. The van der Waals surface area contributed by atoms with Gasteiger partial charge in [-0.05, 0) is 54.6 Å². The Kier molecular flexibility index (Phi) is 4.86. The smallest absolute Gasteiger partial charge is 0.283 e. The molecular weight excluding hydrogens is 320 g/mol. The normalized spacial score (nSPS) is 23.4. The van der Waals surface area contributed by atoms with Gasteiger partial charge in [0.2, 0.25) is 0 Å². The number of nitrogens with two attached hydrogens (primary N) is 1. The molecule has 1 fully saturated rings. The molecule has 0 spiro atoms. The van der Waals surface area contributed by atoms with Crippen LogP contribution in [0.15, 0.2) is 15.5 Å². The van der Waals surface area contributed by atoms with Gasteiger partial charge < -0.3 is 10.6 Å². The maximum atomic E-state index is 12.3. The van der Waals surface area contributed by atoms with Gasteiger partial charge in [0, 0.05) is 13.1 Å². The number of hydrogen-bond donors (Lipinski definition) is 1. The number of aromatic nitrogens is 2. The van der Waals surface area contributed by atoms with Gasteiger partial charge in [-0.2, -0.15) is 5.10 Å². The fraction of sp³-hybridized carbons (Fsp3) is 0.714. The monoisotopic (exact) mass is 342 g/mol. The lowest BCUT2D eigenvalue weighted by Crippen LogP contribution is -2.43. The Morgan fingerprint density at radius 2 is 2.25 bits per heavy atom. The largest absolute Gasteiger partial charge is 0.369 e. The minimum absolute atomic E-state index is 0.0611. The van der Waals surface area contributed by atoms with Gasteiger partial charge in [0.15, 0.2) is 0 Å². The van der Waals surface area contributed by atoms with Gasteiger partial charge >= 0.3 is 0 Å². The van der Waals surface area contributed by atoms with E-state index in [1.165, 1.54) is 4.68 Å². The summed E-state index contributed by atoms with van der Waals surface area (Å²) >= 11 is 3.45. The number of anilines is 1. The molecule has 6 heteroatoms. The predicted octanol–water partition coefficient (Wildman–Crippen LogP) is 2.01. The van der Waals surface area contributed by atoms with Crippen molar-refractivity contribution in [2.24, 2.45) is 17.6 Å². The zero-order valence-corrected chi connectivity index (χ0v) is 13.9. The molecule has 2 atom stereocenters. The molecule has 20 heavy (non-hydrogen) atoms. The van der Waals surface area contributed by atoms with Crippen LogP contribution < -0.4 is 16.2 Å². The second-order valence-electron chi connectivity index (χ2n) is 5.90. The van der Waals surface area contributed by atoms with E-state index in [2.05, 4.69) is 32.9 Å². The van der Waals surface area contributed by atoms with Crippen LogP contribution in [0.2, 0.25) is 0 Å². The molecule has 112 valence electrons. The van der Waals surface area contributed by atoms with E-state index in [4.69, 9.17) is 5.73 Å². The van der Waals surface area contributed by atoms with E-state index in [1.807, 2.05) is 13.8 Å². The first-order valence-electron chi connectivity index (χ1n) is 7.18. The molecule has 1 aliphatic rings. The second kappa shape index (κ2) is 6.26. The van der Waals surface area contributed by atoms with Crippen LogP contribution in [0.1, 0.15) is 33.2 Å². The maximum absolute atomic E-state index is 12.3. The molecule has 1 aromatic rings. The second-order valence-corrected chi connectivity index (χ2v) is 6.69. The lowest BCUT2D eigenvalue weighted by molar-refractivity contribution is 0.307. The first kappa shape index (κ1) is 15.5. The summed E-state index contributed by atoms with van der Waals surface area (Å²) in [6, 6.07) is 0.0611. The van der Waals surface area contributed by atoms with E-state index in [9.17, 15) is 4.79 Å². The van der Waals surface area contributed by atoms with E-state index in [1.54, 1.807) is 6.20 Å². The minimum atomic E-state index is -0.0691. The molecule has 0 saturated carbocycles. The fourth-order valence-corrected chi connectivity index (χ4v) is 3.23. The molecule has 1 saturated heterocycles. The van der Waals surface area contributed by atoms with Gasteiger partial charge in [0.05, 0.1) is 17.9 Å². The van der Waals surface area contributed by atoms with Crippen molar-refractivity contribution in [3.63, 3.8) is 0 Å². The number of halogens is 1. The van der Waals surface area contributed by atoms with Crippen molar-refractivity contribution in [2.45, 2.75) is 33.2 Å². The van der Waals surface area contributed by atoms with Gasteiger partial charge in [-0.15, -0.1) is 0 Å². The molecular formula is C14H23BrN4O. The highest BCUT2D eigenvalue weighted by Gasteiger charge is 2.27. The number of rotatable bonds is 3. The van der Waals surface area contributed by atoms with Crippen molar-refractivity contribution >= 4 is 21.6 Å². The minimum Gasteiger partial charge on any atom is -0.369 e. The standard InChI is InChI=1S/C14H23BrN4O/c1-9(2)19-14(20)13(15)12(7-17-19)18-5-4-10(3)11(6-16)8-18/h7,9-11H,4-6,8,16H2,1-3H3. The summed E-state index contributed by atoms with van der Waals surface area (Å²) in [4.78, 5) is 14.5. The molecule has 2 rings (SSSR count). The van der Waals surface area contributed by atoms with Crippen LogP contribution in [-0.4, -0.2) is 29.4 Å². The third kappa shape index (κ3) is 2.91. The van der Waals surface area contributed by atoms with Gasteiger partial charge in [0.25, 0.3) is 5.56 Å². The van der Waals surface area contributed by atoms with Crippen molar-refractivity contribution in [1.82, 2.24) is 9.78 Å². The molecule has 1 aromatic heterocycles. The third-order valence-electron chi connectivity index (χ3n) is 4.17. The van der Waals surface area contributed by atoms with Crippen molar-refractivity contribution in [3.05, 3.63) is 21.0 Å². The molecule has 2 N–H and O–H groups in total. The van der Waals surface area contributed by atoms with Crippen molar-refractivity contribution < 1.29 is 0 Å². The summed E-state index contributed by atoms with van der Waals surface area (Å²) in [5, 5.41) is 4.28. The quantitative estimate of drug-likeness (QED) is 0.912. The molecule has 0 aliphatic carbocycles. The van der Waals surface area contributed by atoms with Gasteiger partial charge in [-0.3, -0.25) is 4.79 Å². The highest BCUT2D eigenvalue weighted by Crippen LogP contribution is 2.29. The Labute approximate surface area is 128 Å². The van der Waals surface area contributed by atoms with Crippen LogP contribution in [0.4, 0.5) is 5.69 Å². The average Bonchev–Trinajstić information content (AvgIpc) is 2.42. The maximum Gasteiger partial charge on any atom is 0.283 e. The number of hydrogen-bond acceptors (Lipinski definition) is 4. The Morgan fingerprint density at radius 1 is 1.55 bits per heavy atom. The highest BCUT2D eigenvalue weighted by atomic mass is 79.9. The van der Waals surface area contributed by atoms with Crippen LogP contribution in [0, 0.1) is 11.8 Å². The average molecular weight is 343 g/mol. The molecule has 0 radical (unpaired) electrons. The molecule has 2 unspecified atom stereocenters. The van der Waals surface area contributed by atoms with E-state index in [0.717, 1.165) is 25.2 Å². The van der Waals surface area contributed by atoms with Crippen LogP contribution in [0.25, 0.3) is 0 Å². The summed E-state index contributed by atoms with van der Waals surface area (Å²) in [5.74, 6) is 1.11. The fourth-order valence-electron chi connectivity index (χ4n) is 2.70. The topological polar surface area (TPSA) is 64.2 Å². The molecule has 5 nitrogen and oxygen atoms in total. The molecule has 0 aromatic carbocycles. The Hall–Kier alpha value is -0.880. The van der Waals surface area contributed by atoms with E-state index >= 15 is 0 Å². The highest BCUT2D eigenvalue weighted by molar-refractivity contribution is 9.10. The SMILES string of the molecule is CC1CCN(c2cnn(C(C)C)c(=O)c2Br)CC1CN. The first-order chi connectivity index (χ1) is 9.45. The molecule has 2 heterocycles. The lowest BCUT2D eigenvalue weighted by atomic mass is 9.87. The summed E-state index contributed by atoms with van der Waals surface area (Å²) in [7, 11) is 0. The van der Waals surface area contributed by atoms with Gasteiger partial charge in [-0.1, -0.05) is 6.92 Å². The van der Waals surface area contributed by atoms with Gasteiger partial charge in [0.1, 0.15) is 4.47 Å². The summed E-state index contributed by atoms with van der Waals surface area (Å²) in [5.41, 5.74) is 6.66. The first-order valence-corrected chi connectivity index (χ1v) is 7.97. The summed E-state index contributed by atoms with van der Waals surface area (Å²) < 4.78 is 2.10. The molecule has 0 bridgehead atoms. The van der Waals surface area contributed by atoms with E-state index in [0.29, 0.717) is 22.9 Å². The summed E-state index contributed by atoms with van der Waals surface area (Å²) in [6.07, 6.45) is 2.89. The third-order valence-corrected chi connectivity index (χ3v) is 4.92. The number of nitrogens with zero attached hydrogens (tertiary/aromatic N) is 3. The van der Waals surface area contributed by atoms with Crippen LogP contribution >= 0.6 is 15.9 Å². The van der Waals surface area contributed by atoms with Crippen LogP contribution in [0.5, 0.6) is 0 Å². The van der Waals surface area contributed by atoms with E-state index in [-0.39, 0.29) is 11.6 Å². The zero-order valence-electron chi connectivity index (χ0n) is 12.3. The Bertz CT molecular complexity index is 528. The molecule has 0 amide bonds. The Balaban J connectivity index is 2.30. The lowest BCUT2D eigenvalue weighted by Gasteiger charge is -2.38. The zero-order chi connectivity index (χ0) is 14.9. The van der Waals surface area contributed by atoms with Gasteiger partial charge in [-0.25, -0.2) is 4.68 Å². The van der Waals surface area contributed by atoms with Crippen LogP contribution in [-0.2, 0) is 0 Å². The van der Waals surface area contributed by atoms with Crippen molar-refractivity contribution in [2.75, 3.05) is 24.5 Å².